The number of hydrogen-bond donors (Lipinski definition) is 3. The van der Waals surface area contributed by atoms with Gasteiger partial charge in [0.25, 0.3) is 0 Å². The van der Waals surface area contributed by atoms with E-state index in [0.29, 0.717) is 11.6 Å². The number of aryl methyl sites for hydroxylation is 2. The Morgan fingerprint density at radius 1 is 1.19 bits per heavy atom. The van der Waals surface area contributed by atoms with E-state index in [-0.39, 0.29) is 0 Å². The number of nitrogens with zero attached hydrogens (tertiary/aromatic N) is 2. The van der Waals surface area contributed by atoms with Gasteiger partial charge in [0.1, 0.15) is 23.2 Å². The van der Waals surface area contributed by atoms with Crippen LogP contribution in [0.5, 0.6) is 5.75 Å². The van der Waals surface area contributed by atoms with Gasteiger partial charge in [-0.1, -0.05) is 13.0 Å². The van der Waals surface area contributed by atoms with E-state index in [4.69, 9.17) is 10.6 Å². The topological polar surface area (TPSA) is 85.1 Å². The van der Waals surface area contributed by atoms with Crippen molar-refractivity contribution in [3.8, 4) is 5.75 Å². The maximum absolute atomic E-state index is 5.46. The van der Waals surface area contributed by atoms with E-state index < -0.39 is 0 Å². The Kier molecular flexibility index (Phi) is 4.94. The Labute approximate surface area is 124 Å². The highest BCUT2D eigenvalue weighted by atomic mass is 16.5. The summed E-state index contributed by atoms with van der Waals surface area (Å²) in [6.45, 7) is 4.11. The molecule has 1 heterocycles. The first kappa shape index (κ1) is 15.1. The van der Waals surface area contributed by atoms with Crippen molar-refractivity contribution in [3.05, 3.63) is 35.7 Å². The summed E-state index contributed by atoms with van der Waals surface area (Å²) in [4.78, 5) is 8.82. The summed E-state index contributed by atoms with van der Waals surface area (Å²) < 4.78 is 5.36. The number of nitrogen functional groups attached to an aromatic ring is 1. The predicted octanol–water partition coefficient (Wildman–Crippen LogP) is 2.78. The van der Waals surface area contributed by atoms with E-state index in [1.54, 1.807) is 13.2 Å². The number of rotatable bonds is 6. The zero-order chi connectivity index (χ0) is 15.2. The molecule has 0 spiro atoms. The number of nitrogens with two attached hydrogens (primary N) is 1. The monoisotopic (exact) mass is 287 g/mol. The maximum atomic E-state index is 5.46. The molecule has 1 aromatic carbocycles. The fourth-order valence-corrected chi connectivity index (χ4v) is 2.03. The van der Waals surface area contributed by atoms with Crippen molar-refractivity contribution in [2.45, 2.75) is 26.7 Å². The Morgan fingerprint density at radius 2 is 1.95 bits per heavy atom. The van der Waals surface area contributed by atoms with Crippen LogP contribution in [0.15, 0.2) is 24.3 Å². The van der Waals surface area contributed by atoms with Crippen LogP contribution in [-0.2, 0) is 6.42 Å². The minimum absolute atomic E-state index is 0.586. The van der Waals surface area contributed by atoms with E-state index in [1.165, 1.54) is 0 Å². The number of methoxy groups -OCH3 is 1. The highest BCUT2D eigenvalue weighted by molar-refractivity contribution is 5.66. The SMILES string of the molecule is CCCc1nc(NN)cc(Nc2cc(C)ccc2OC)n1. The lowest BCUT2D eigenvalue weighted by atomic mass is 10.2. The van der Waals surface area contributed by atoms with Crippen molar-refractivity contribution in [1.82, 2.24) is 9.97 Å². The second-order valence-electron chi connectivity index (χ2n) is 4.78. The standard InChI is InChI=1S/C15H21N5O/c1-4-5-13-18-14(9-15(19-13)20-16)17-11-8-10(2)6-7-12(11)21-3/h6-9H,4-5,16H2,1-3H3,(H2,17,18,19,20). The van der Waals surface area contributed by atoms with Gasteiger partial charge in [-0.2, -0.15) is 0 Å². The predicted molar refractivity (Wildman–Crippen MR) is 84.9 cm³/mol. The van der Waals surface area contributed by atoms with Gasteiger partial charge in [0.05, 0.1) is 12.8 Å². The molecular formula is C15H21N5O. The van der Waals surface area contributed by atoms with E-state index in [9.17, 15) is 0 Å². The average molecular weight is 287 g/mol. The number of anilines is 3. The van der Waals surface area contributed by atoms with Crippen LogP contribution in [0, 0.1) is 6.92 Å². The van der Waals surface area contributed by atoms with Crippen molar-refractivity contribution in [3.63, 3.8) is 0 Å². The quantitative estimate of drug-likeness (QED) is 0.559. The molecule has 0 fully saturated rings. The molecule has 6 nitrogen and oxygen atoms in total. The van der Waals surface area contributed by atoms with Gasteiger partial charge in [0.2, 0.25) is 0 Å². The Morgan fingerprint density at radius 3 is 2.62 bits per heavy atom. The van der Waals surface area contributed by atoms with E-state index in [0.717, 1.165) is 35.7 Å². The van der Waals surface area contributed by atoms with Gasteiger partial charge in [0.15, 0.2) is 0 Å². The summed E-state index contributed by atoms with van der Waals surface area (Å²) in [5.74, 6) is 8.25. The fraction of sp³-hybridized carbons (Fsp3) is 0.333. The van der Waals surface area contributed by atoms with E-state index >= 15 is 0 Å². The summed E-state index contributed by atoms with van der Waals surface area (Å²) in [5, 5.41) is 3.27. The molecular weight excluding hydrogens is 266 g/mol. The van der Waals surface area contributed by atoms with Crippen LogP contribution in [-0.4, -0.2) is 17.1 Å². The molecule has 0 aliphatic heterocycles. The number of nitrogens with one attached hydrogen (secondary N) is 2. The van der Waals surface area contributed by atoms with Crippen molar-refractivity contribution in [2.24, 2.45) is 5.84 Å². The van der Waals surface area contributed by atoms with Crippen LogP contribution in [0.25, 0.3) is 0 Å². The molecule has 0 saturated heterocycles. The molecule has 2 rings (SSSR count). The summed E-state index contributed by atoms with van der Waals surface area (Å²) in [6, 6.07) is 7.70. The van der Waals surface area contributed by atoms with E-state index in [2.05, 4.69) is 27.6 Å². The second-order valence-corrected chi connectivity index (χ2v) is 4.78. The summed E-state index contributed by atoms with van der Waals surface area (Å²) >= 11 is 0. The minimum Gasteiger partial charge on any atom is -0.495 e. The van der Waals surface area contributed by atoms with E-state index in [1.807, 2.05) is 25.1 Å². The van der Waals surface area contributed by atoms with Crippen molar-refractivity contribution in [2.75, 3.05) is 17.9 Å². The Hall–Kier alpha value is -2.34. The maximum Gasteiger partial charge on any atom is 0.145 e. The number of hydrogen-bond acceptors (Lipinski definition) is 6. The van der Waals surface area contributed by atoms with Gasteiger partial charge in [-0.3, -0.25) is 0 Å². The smallest absolute Gasteiger partial charge is 0.145 e. The van der Waals surface area contributed by atoms with Gasteiger partial charge in [-0.15, -0.1) is 0 Å². The van der Waals surface area contributed by atoms with Gasteiger partial charge in [-0.25, -0.2) is 15.8 Å². The third-order valence-electron chi connectivity index (χ3n) is 3.01. The molecule has 2 aromatic rings. The number of ether oxygens (including phenoxy) is 1. The van der Waals surface area contributed by atoms with Gasteiger partial charge < -0.3 is 15.5 Å². The van der Waals surface area contributed by atoms with Crippen LogP contribution >= 0.6 is 0 Å². The normalized spacial score (nSPS) is 10.3. The van der Waals surface area contributed by atoms with Crippen molar-refractivity contribution in [1.29, 1.82) is 0 Å². The molecule has 1 aromatic heterocycles. The third-order valence-corrected chi connectivity index (χ3v) is 3.01. The molecule has 6 heteroatoms. The number of benzene rings is 1. The molecule has 21 heavy (non-hydrogen) atoms. The molecule has 0 aliphatic rings. The Balaban J connectivity index is 2.34. The van der Waals surface area contributed by atoms with Crippen molar-refractivity contribution < 1.29 is 4.74 Å². The molecule has 0 amide bonds. The molecule has 0 bridgehead atoms. The lowest BCUT2D eigenvalue weighted by Crippen LogP contribution is -2.11. The van der Waals surface area contributed by atoms with Crippen LogP contribution in [0.1, 0.15) is 24.7 Å². The molecule has 0 unspecified atom stereocenters. The van der Waals surface area contributed by atoms with Crippen LogP contribution in [0.2, 0.25) is 0 Å². The first-order valence-electron chi connectivity index (χ1n) is 6.92. The first-order valence-corrected chi connectivity index (χ1v) is 6.92. The second kappa shape index (κ2) is 6.90. The Bertz CT molecular complexity index is 615. The van der Waals surface area contributed by atoms with Gasteiger partial charge in [-0.05, 0) is 31.0 Å². The molecule has 112 valence electrons. The molecule has 0 atom stereocenters. The van der Waals surface area contributed by atoms with Gasteiger partial charge in [0, 0.05) is 12.5 Å². The van der Waals surface area contributed by atoms with Crippen LogP contribution in [0.4, 0.5) is 17.3 Å². The zero-order valence-corrected chi connectivity index (χ0v) is 12.6. The highest BCUT2D eigenvalue weighted by Crippen LogP contribution is 2.28. The fourth-order valence-electron chi connectivity index (χ4n) is 2.03. The lowest BCUT2D eigenvalue weighted by Gasteiger charge is -2.13. The van der Waals surface area contributed by atoms with Gasteiger partial charge >= 0.3 is 0 Å². The van der Waals surface area contributed by atoms with Crippen molar-refractivity contribution >= 4 is 17.3 Å². The molecule has 0 aliphatic carbocycles. The summed E-state index contributed by atoms with van der Waals surface area (Å²) in [6.07, 6.45) is 1.77. The van der Waals surface area contributed by atoms with Crippen LogP contribution in [0.3, 0.4) is 0 Å². The minimum atomic E-state index is 0.586. The van der Waals surface area contributed by atoms with Crippen LogP contribution < -0.4 is 21.3 Å². The lowest BCUT2D eigenvalue weighted by molar-refractivity contribution is 0.416. The third kappa shape index (κ3) is 3.82. The molecule has 4 N–H and O–H groups in total. The zero-order valence-electron chi connectivity index (χ0n) is 12.6. The summed E-state index contributed by atoms with van der Waals surface area (Å²) in [7, 11) is 1.64. The highest BCUT2D eigenvalue weighted by Gasteiger charge is 2.07. The molecule has 0 radical (unpaired) electrons. The number of hydrazine groups is 1. The largest absolute Gasteiger partial charge is 0.495 e. The first-order chi connectivity index (χ1) is 10.2. The molecule has 0 saturated carbocycles. The summed E-state index contributed by atoms with van der Waals surface area (Å²) in [5.41, 5.74) is 4.57. The number of aromatic nitrogens is 2. The average Bonchev–Trinajstić information content (AvgIpc) is 2.47.